The van der Waals surface area contributed by atoms with Crippen molar-refractivity contribution in [1.82, 2.24) is 9.88 Å². The van der Waals surface area contributed by atoms with Crippen molar-refractivity contribution in [1.29, 1.82) is 0 Å². The Labute approximate surface area is 223 Å². The molecule has 6 nitrogen and oxygen atoms in total. The Kier molecular flexibility index (Phi) is 7.76. The maximum atomic E-state index is 12.2. The molecule has 0 bridgehead atoms. The van der Waals surface area contributed by atoms with Crippen molar-refractivity contribution in [2.75, 3.05) is 36.4 Å². The van der Waals surface area contributed by atoms with Crippen LogP contribution in [-0.4, -0.2) is 42.1 Å². The average molecular weight is 514 g/mol. The summed E-state index contributed by atoms with van der Waals surface area (Å²) in [5.41, 5.74) is 12.8. The van der Waals surface area contributed by atoms with Gasteiger partial charge >= 0.3 is 6.03 Å². The highest BCUT2D eigenvalue weighted by molar-refractivity contribution is 6.31. The van der Waals surface area contributed by atoms with Gasteiger partial charge in [0.15, 0.2) is 0 Å². The lowest BCUT2D eigenvalue weighted by Gasteiger charge is -2.28. The summed E-state index contributed by atoms with van der Waals surface area (Å²) in [5.74, 6) is 0. The van der Waals surface area contributed by atoms with Gasteiger partial charge < -0.3 is 20.9 Å². The van der Waals surface area contributed by atoms with E-state index < -0.39 is 0 Å². The SMILES string of the molecule is NC(=O)N(CCCNc1ccnc2cc(Cl)ccc12)CCCN1c2ccccc2CCc2ccccc21. The first-order chi connectivity index (χ1) is 18.1. The number of nitrogens with two attached hydrogens (primary N) is 1. The molecule has 7 heteroatoms. The Balaban J connectivity index is 1.18. The van der Waals surface area contributed by atoms with E-state index in [2.05, 4.69) is 63.7 Å². The maximum absolute atomic E-state index is 12.2. The number of benzene rings is 3. The van der Waals surface area contributed by atoms with Gasteiger partial charge in [0.25, 0.3) is 0 Å². The summed E-state index contributed by atoms with van der Waals surface area (Å²) in [7, 11) is 0. The normalized spacial score (nSPS) is 12.5. The van der Waals surface area contributed by atoms with Gasteiger partial charge in [0.1, 0.15) is 0 Å². The molecule has 37 heavy (non-hydrogen) atoms. The molecule has 0 spiro atoms. The van der Waals surface area contributed by atoms with E-state index in [1.165, 1.54) is 22.5 Å². The number of aromatic nitrogens is 1. The molecular formula is C30H32ClN5O. The molecule has 0 saturated heterocycles. The number of aryl methyl sites for hydroxylation is 2. The van der Waals surface area contributed by atoms with Crippen LogP contribution in [0.4, 0.5) is 21.9 Å². The fraction of sp³-hybridized carbons (Fsp3) is 0.267. The lowest BCUT2D eigenvalue weighted by Crippen LogP contribution is -2.38. The van der Waals surface area contributed by atoms with Crippen LogP contribution in [-0.2, 0) is 12.8 Å². The molecule has 0 saturated carbocycles. The van der Waals surface area contributed by atoms with Gasteiger partial charge in [-0.3, -0.25) is 4.98 Å². The van der Waals surface area contributed by atoms with Crippen LogP contribution < -0.4 is 16.0 Å². The summed E-state index contributed by atoms with van der Waals surface area (Å²) < 4.78 is 0. The molecule has 0 fully saturated rings. The van der Waals surface area contributed by atoms with Crippen LogP contribution in [0.25, 0.3) is 10.9 Å². The average Bonchev–Trinajstić information content (AvgIpc) is 3.06. The number of carbonyl (C=O) groups excluding carboxylic acids is 1. The number of para-hydroxylation sites is 2. The molecule has 0 aliphatic carbocycles. The number of pyridine rings is 1. The van der Waals surface area contributed by atoms with Gasteiger partial charge in [-0.1, -0.05) is 48.0 Å². The molecule has 1 aromatic heterocycles. The van der Waals surface area contributed by atoms with Crippen LogP contribution in [0.5, 0.6) is 0 Å². The highest BCUT2D eigenvalue weighted by Crippen LogP contribution is 2.35. The smallest absolute Gasteiger partial charge is 0.314 e. The predicted octanol–water partition coefficient (Wildman–Crippen LogP) is 6.40. The predicted molar refractivity (Wildman–Crippen MR) is 153 cm³/mol. The zero-order valence-electron chi connectivity index (χ0n) is 20.9. The molecule has 0 unspecified atom stereocenters. The van der Waals surface area contributed by atoms with E-state index in [0.29, 0.717) is 18.1 Å². The van der Waals surface area contributed by atoms with E-state index in [1.54, 1.807) is 11.1 Å². The summed E-state index contributed by atoms with van der Waals surface area (Å²) in [5, 5.41) is 5.16. The summed E-state index contributed by atoms with van der Waals surface area (Å²) in [4.78, 5) is 20.7. The van der Waals surface area contributed by atoms with E-state index in [9.17, 15) is 4.79 Å². The van der Waals surface area contributed by atoms with Crippen molar-refractivity contribution < 1.29 is 4.79 Å². The van der Waals surface area contributed by atoms with Gasteiger partial charge in [0, 0.05) is 59.8 Å². The molecular weight excluding hydrogens is 482 g/mol. The number of halogens is 1. The summed E-state index contributed by atoms with van der Waals surface area (Å²) in [6.07, 6.45) is 5.45. The molecule has 0 atom stereocenters. The molecule has 1 aliphatic heterocycles. The first kappa shape index (κ1) is 24.9. The van der Waals surface area contributed by atoms with Gasteiger partial charge in [-0.05, 0) is 73.2 Å². The van der Waals surface area contributed by atoms with E-state index in [1.807, 2.05) is 24.3 Å². The van der Waals surface area contributed by atoms with E-state index in [0.717, 1.165) is 55.4 Å². The van der Waals surface area contributed by atoms with Crippen LogP contribution in [0.3, 0.4) is 0 Å². The van der Waals surface area contributed by atoms with Crippen LogP contribution in [0.1, 0.15) is 24.0 Å². The minimum absolute atomic E-state index is 0.374. The number of primary amides is 1. The van der Waals surface area contributed by atoms with Gasteiger partial charge in [0.05, 0.1) is 5.52 Å². The maximum Gasteiger partial charge on any atom is 0.314 e. The number of hydrogen-bond acceptors (Lipinski definition) is 4. The van der Waals surface area contributed by atoms with E-state index >= 15 is 0 Å². The van der Waals surface area contributed by atoms with Crippen LogP contribution in [0.15, 0.2) is 79.0 Å². The molecule has 3 aromatic carbocycles. The Morgan fingerprint density at radius 2 is 1.62 bits per heavy atom. The van der Waals surface area contributed by atoms with Crippen molar-refractivity contribution in [2.24, 2.45) is 5.73 Å². The second kappa shape index (κ2) is 11.5. The number of fused-ring (bicyclic) bond motifs is 3. The molecule has 4 aromatic rings. The van der Waals surface area contributed by atoms with Crippen molar-refractivity contribution in [3.63, 3.8) is 0 Å². The largest absolute Gasteiger partial charge is 0.384 e. The minimum Gasteiger partial charge on any atom is -0.384 e. The highest BCUT2D eigenvalue weighted by atomic mass is 35.5. The topological polar surface area (TPSA) is 74.5 Å². The second-order valence-corrected chi connectivity index (χ2v) is 9.82. The van der Waals surface area contributed by atoms with Crippen molar-refractivity contribution in [3.8, 4) is 0 Å². The van der Waals surface area contributed by atoms with Crippen LogP contribution >= 0.6 is 11.6 Å². The monoisotopic (exact) mass is 513 g/mol. The van der Waals surface area contributed by atoms with Crippen molar-refractivity contribution >= 4 is 45.6 Å². The summed E-state index contributed by atoms with van der Waals surface area (Å²) in [6.45, 7) is 2.76. The van der Waals surface area contributed by atoms with Crippen molar-refractivity contribution in [3.05, 3.63) is 95.1 Å². The number of hydrogen-bond donors (Lipinski definition) is 2. The third-order valence-electron chi connectivity index (χ3n) is 6.97. The third kappa shape index (κ3) is 5.81. The first-order valence-electron chi connectivity index (χ1n) is 12.9. The summed E-state index contributed by atoms with van der Waals surface area (Å²) in [6, 6.07) is 24.5. The number of carbonyl (C=O) groups is 1. The Morgan fingerprint density at radius 1 is 0.946 bits per heavy atom. The van der Waals surface area contributed by atoms with Gasteiger partial charge in [-0.15, -0.1) is 0 Å². The number of nitrogens with zero attached hydrogens (tertiary/aromatic N) is 3. The Bertz CT molecular complexity index is 1340. The van der Waals surface area contributed by atoms with Gasteiger partial charge in [-0.25, -0.2) is 4.79 Å². The Morgan fingerprint density at radius 3 is 2.32 bits per heavy atom. The minimum atomic E-state index is -0.374. The second-order valence-electron chi connectivity index (χ2n) is 9.39. The number of urea groups is 1. The quantitative estimate of drug-likeness (QED) is 0.254. The zero-order chi connectivity index (χ0) is 25.6. The van der Waals surface area contributed by atoms with Gasteiger partial charge in [0.2, 0.25) is 0 Å². The lowest BCUT2D eigenvalue weighted by atomic mass is 10.0. The lowest BCUT2D eigenvalue weighted by molar-refractivity contribution is 0.207. The van der Waals surface area contributed by atoms with Crippen molar-refractivity contribution in [2.45, 2.75) is 25.7 Å². The fourth-order valence-corrected chi connectivity index (χ4v) is 5.30. The Hall–Kier alpha value is -3.77. The molecule has 5 rings (SSSR count). The third-order valence-corrected chi connectivity index (χ3v) is 7.21. The summed E-state index contributed by atoms with van der Waals surface area (Å²) >= 11 is 6.10. The molecule has 3 N–H and O–H groups in total. The number of anilines is 3. The molecule has 1 aliphatic rings. The van der Waals surface area contributed by atoms with E-state index in [4.69, 9.17) is 17.3 Å². The first-order valence-corrected chi connectivity index (χ1v) is 13.2. The molecule has 0 radical (unpaired) electrons. The van der Waals surface area contributed by atoms with E-state index in [-0.39, 0.29) is 6.03 Å². The number of rotatable bonds is 9. The van der Waals surface area contributed by atoms with Gasteiger partial charge in [-0.2, -0.15) is 0 Å². The fourth-order valence-electron chi connectivity index (χ4n) is 5.13. The zero-order valence-corrected chi connectivity index (χ0v) is 21.6. The number of nitrogens with one attached hydrogen (secondary N) is 1. The number of amides is 2. The van der Waals surface area contributed by atoms with Crippen LogP contribution in [0, 0.1) is 0 Å². The molecule has 2 heterocycles. The highest BCUT2D eigenvalue weighted by Gasteiger charge is 2.20. The molecule has 2 amide bonds. The van der Waals surface area contributed by atoms with Crippen LogP contribution in [0.2, 0.25) is 5.02 Å². The standard InChI is InChI=1S/C30H32ClN5O/c31-24-13-14-25-26(15-17-34-27(25)21-24)33-16-5-18-35(30(32)37)19-6-20-36-28-9-3-1-7-22(28)11-12-23-8-2-4-10-29(23)36/h1-4,7-10,13-15,17,21H,5-6,11-12,16,18-20H2,(H2,32,37)(H,33,34). The molecule has 190 valence electrons.